The largest absolute Gasteiger partial charge is 0.465 e. The molecule has 0 spiro atoms. The lowest BCUT2D eigenvalue weighted by molar-refractivity contribution is -0.141. The van der Waals surface area contributed by atoms with Gasteiger partial charge < -0.3 is 4.74 Å². The van der Waals surface area contributed by atoms with Gasteiger partial charge in [-0.1, -0.05) is 18.2 Å². The van der Waals surface area contributed by atoms with Gasteiger partial charge >= 0.3 is 5.97 Å². The topological polar surface area (TPSA) is 43.4 Å². The Hall–Kier alpha value is -1.29. The van der Waals surface area contributed by atoms with Crippen molar-refractivity contribution in [2.45, 2.75) is 18.2 Å². The zero-order chi connectivity index (χ0) is 11.8. The van der Waals surface area contributed by atoms with E-state index < -0.39 is 0 Å². The molecular formula is C12H14O3S. The number of thioether (sulfide) groups is 1. The van der Waals surface area contributed by atoms with Gasteiger partial charge in [0.15, 0.2) is 0 Å². The molecule has 0 aromatic heterocycles. The number of Topliss-reactive ketones (excluding diaryl/α,β-unsaturated/α-hetero) is 1. The number of esters is 1. The summed E-state index contributed by atoms with van der Waals surface area (Å²) in [6.07, 6.45) is 0.291. The van der Waals surface area contributed by atoms with E-state index in [1.165, 1.54) is 18.7 Å². The molecule has 0 atom stereocenters. The number of ketones is 1. The van der Waals surface area contributed by atoms with Gasteiger partial charge in [-0.3, -0.25) is 9.59 Å². The zero-order valence-electron chi connectivity index (χ0n) is 9.14. The molecule has 0 bridgehead atoms. The van der Waals surface area contributed by atoms with Crippen LogP contribution in [0.1, 0.15) is 13.3 Å². The molecule has 16 heavy (non-hydrogen) atoms. The van der Waals surface area contributed by atoms with Gasteiger partial charge in [-0.15, -0.1) is 11.8 Å². The SMILES string of the molecule is CC(=O)OCCC(=O)CSc1ccccc1. The van der Waals surface area contributed by atoms with E-state index in [-0.39, 0.29) is 18.4 Å². The number of rotatable bonds is 6. The molecule has 4 heteroatoms. The molecule has 0 aliphatic carbocycles. The monoisotopic (exact) mass is 238 g/mol. The Kier molecular flexibility index (Phi) is 5.64. The molecule has 0 saturated heterocycles. The first-order chi connectivity index (χ1) is 7.68. The summed E-state index contributed by atoms with van der Waals surface area (Å²) < 4.78 is 4.70. The predicted octanol–water partition coefficient (Wildman–Crippen LogP) is 2.30. The maximum Gasteiger partial charge on any atom is 0.302 e. The highest BCUT2D eigenvalue weighted by Crippen LogP contribution is 2.17. The molecule has 1 aromatic carbocycles. The van der Waals surface area contributed by atoms with Crippen molar-refractivity contribution in [3.05, 3.63) is 30.3 Å². The van der Waals surface area contributed by atoms with Gasteiger partial charge in [-0.25, -0.2) is 0 Å². The summed E-state index contributed by atoms with van der Waals surface area (Å²) in [5.41, 5.74) is 0. The number of hydrogen-bond donors (Lipinski definition) is 0. The summed E-state index contributed by atoms with van der Waals surface area (Å²) in [4.78, 5) is 22.9. The van der Waals surface area contributed by atoms with Crippen molar-refractivity contribution in [2.75, 3.05) is 12.4 Å². The predicted molar refractivity (Wildman–Crippen MR) is 63.4 cm³/mol. The van der Waals surface area contributed by atoms with Gasteiger partial charge in [-0.05, 0) is 12.1 Å². The fraction of sp³-hybridized carbons (Fsp3) is 0.333. The minimum absolute atomic E-state index is 0.0927. The first-order valence-corrected chi connectivity index (χ1v) is 6.00. The molecule has 0 unspecified atom stereocenters. The number of ether oxygens (including phenoxy) is 1. The summed E-state index contributed by atoms with van der Waals surface area (Å²) >= 11 is 1.50. The molecule has 0 aliphatic heterocycles. The Morgan fingerprint density at radius 3 is 2.56 bits per heavy atom. The van der Waals surface area contributed by atoms with Crippen LogP contribution < -0.4 is 0 Å². The van der Waals surface area contributed by atoms with Gasteiger partial charge in [0.2, 0.25) is 0 Å². The fourth-order valence-electron chi connectivity index (χ4n) is 1.06. The molecule has 3 nitrogen and oxygen atoms in total. The lowest BCUT2D eigenvalue weighted by atomic mass is 10.3. The van der Waals surface area contributed by atoms with Crippen molar-refractivity contribution >= 4 is 23.5 Å². The Balaban J connectivity index is 2.18. The van der Waals surface area contributed by atoms with E-state index in [2.05, 4.69) is 0 Å². The van der Waals surface area contributed by atoms with E-state index in [0.29, 0.717) is 12.2 Å². The van der Waals surface area contributed by atoms with Gasteiger partial charge in [-0.2, -0.15) is 0 Å². The molecule has 1 aromatic rings. The number of benzene rings is 1. The van der Waals surface area contributed by atoms with Crippen LogP contribution in [-0.4, -0.2) is 24.1 Å². The summed E-state index contributed by atoms with van der Waals surface area (Å²) in [5.74, 6) is 0.171. The van der Waals surface area contributed by atoms with Crippen LogP contribution in [0.25, 0.3) is 0 Å². The molecule has 0 saturated carbocycles. The maximum atomic E-state index is 11.4. The van der Waals surface area contributed by atoms with Crippen LogP contribution in [0.3, 0.4) is 0 Å². The highest BCUT2D eigenvalue weighted by Gasteiger charge is 2.04. The van der Waals surface area contributed by atoms with Gasteiger partial charge in [0, 0.05) is 18.2 Å². The average molecular weight is 238 g/mol. The summed E-state index contributed by atoms with van der Waals surface area (Å²) in [7, 11) is 0. The minimum atomic E-state index is -0.344. The Labute approximate surface area is 99.2 Å². The fourth-order valence-corrected chi connectivity index (χ4v) is 1.88. The summed E-state index contributed by atoms with van der Waals surface area (Å²) in [5, 5.41) is 0. The molecule has 0 amide bonds. The zero-order valence-corrected chi connectivity index (χ0v) is 9.96. The van der Waals surface area contributed by atoms with Gasteiger partial charge in [0.25, 0.3) is 0 Å². The second kappa shape index (κ2) is 7.06. The van der Waals surface area contributed by atoms with E-state index in [0.717, 1.165) is 4.90 Å². The third kappa shape index (κ3) is 5.56. The average Bonchev–Trinajstić information content (AvgIpc) is 2.27. The van der Waals surface area contributed by atoms with Gasteiger partial charge in [0.05, 0.1) is 12.4 Å². The number of carbonyl (C=O) groups is 2. The van der Waals surface area contributed by atoms with Crippen molar-refractivity contribution < 1.29 is 14.3 Å². The van der Waals surface area contributed by atoms with Crippen molar-refractivity contribution in [2.24, 2.45) is 0 Å². The van der Waals surface area contributed by atoms with E-state index in [9.17, 15) is 9.59 Å². The molecule has 1 rings (SSSR count). The van der Waals surface area contributed by atoms with Crippen molar-refractivity contribution in [1.82, 2.24) is 0 Å². The molecule has 0 N–H and O–H groups in total. The van der Waals surface area contributed by atoms with Crippen molar-refractivity contribution in [1.29, 1.82) is 0 Å². The first kappa shape index (κ1) is 12.8. The van der Waals surface area contributed by atoms with Crippen LogP contribution >= 0.6 is 11.8 Å². The van der Waals surface area contributed by atoms with Crippen molar-refractivity contribution in [3.8, 4) is 0 Å². The second-order valence-corrected chi connectivity index (χ2v) is 4.28. The standard InChI is InChI=1S/C12H14O3S/c1-10(13)15-8-7-11(14)9-16-12-5-3-2-4-6-12/h2-6H,7-9H2,1H3. The van der Waals surface area contributed by atoms with E-state index >= 15 is 0 Å². The Bertz CT molecular complexity index is 349. The quantitative estimate of drug-likeness (QED) is 0.563. The molecule has 0 fully saturated rings. The van der Waals surface area contributed by atoms with Gasteiger partial charge in [0.1, 0.15) is 5.78 Å². The summed E-state index contributed by atoms with van der Waals surface area (Å²) in [6, 6.07) is 9.73. The Morgan fingerprint density at radius 2 is 1.94 bits per heavy atom. The van der Waals surface area contributed by atoms with Crippen LogP contribution in [0, 0.1) is 0 Å². The van der Waals surface area contributed by atoms with Crippen LogP contribution in [0.4, 0.5) is 0 Å². The van der Waals surface area contributed by atoms with Crippen LogP contribution in [0.15, 0.2) is 35.2 Å². The van der Waals surface area contributed by atoms with E-state index in [1.54, 1.807) is 0 Å². The maximum absolute atomic E-state index is 11.4. The molecule has 86 valence electrons. The van der Waals surface area contributed by atoms with Crippen LogP contribution in [-0.2, 0) is 14.3 Å². The third-order valence-electron chi connectivity index (χ3n) is 1.83. The molecule has 0 radical (unpaired) electrons. The highest BCUT2D eigenvalue weighted by atomic mass is 32.2. The first-order valence-electron chi connectivity index (χ1n) is 5.01. The minimum Gasteiger partial charge on any atom is -0.465 e. The number of hydrogen-bond acceptors (Lipinski definition) is 4. The molecule has 0 aliphatic rings. The third-order valence-corrected chi connectivity index (χ3v) is 2.90. The second-order valence-electron chi connectivity index (χ2n) is 3.23. The van der Waals surface area contributed by atoms with Crippen molar-refractivity contribution in [3.63, 3.8) is 0 Å². The lowest BCUT2D eigenvalue weighted by Gasteiger charge is -2.02. The van der Waals surface area contributed by atoms with Crippen LogP contribution in [0.2, 0.25) is 0 Å². The van der Waals surface area contributed by atoms with E-state index in [1.807, 2.05) is 30.3 Å². The van der Waals surface area contributed by atoms with Crippen LogP contribution in [0.5, 0.6) is 0 Å². The lowest BCUT2D eigenvalue weighted by Crippen LogP contribution is -2.08. The summed E-state index contributed by atoms with van der Waals surface area (Å²) in [6.45, 7) is 1.52. The molecule has 0 heterocycles. The normalized spacial score (nSPS) is 9.81. The highest BCUT2D eigenvalue weighted by molar-refractivity contribution is 8.00. The Morgan fingerprint density at radius 1 is 1.25 bits per heavy atom. The smallest absolute Gasteiger partial charge is 0.302 e. The van der Waals surface area contributed by atoms with E-state index in [4.69, 9.17) is 4.74 Å². The number of carbonyl (C=O) groups excluding carboxylic acids is 2. The molecular weight excluding hydrogens is 224 g/mol.